The van der Waals surface area contributed by atoms with Gasteiger partial charge < -0.3 is 4.74 Å². The Morgan fingerprint density at radius 2 is 2.27 bits per heavy atom. The lowest BCUT2D eigenvalue weighted by molar-refractivity contribution is 0.0952. The van der Waals surface area contributed by atoms with Gasteiger partial charge in [-0.25, -0.2) is 0 Å². The average molecular weight is 310 g/mol. The Kier molecular flexibility index (Phi) is 3.94. The third-order valence-electron chi connectivity index (χ3n) is 2.68. The molecule has 1 aliphatic heterocycles. The summed E-state index contributed by atoms with van der Waals surface area (Å²) in [4.78, 5) is 0. The zero-order chi connectivity index (χ0) is 10.8. The molecule has 1 aromatic carbocycles. The smallest absolute Gasteiger partial charge is 0.0880 e. The Balaban J connectivity index is 2.31. The van der Waals surface area contributed by atoms with Gasteiger partial charge in [0, 0.05) is 33.5 Å². The third kappa shape index (κ3) is 2.50. The molecule has 0 amide bonds. The van der Waals surface area contributed by atoms with Crippen molar-refractivity contribution in [3.8, 4) is 0 Å². The predicted molar refractivity (Wildman–Crippen MR) is 66.7 cm³/mol. The molecule has 4 heteroatoms. The first-order valence-electron chi connectivity index (χ1n) is 4.85. The summed E-state index contributed by atoms with van der Waals surface area (Å²) in [6.45, 7) is 0.769. The molecule has 82 valence electrons. The van der Waals surface area contributed by atoms with Gasteiger partial charge in [-0.1, -0.05) is 27.5 Å². The molecule has 1 fully saturated rings. The van der Waals surface area contributed by atoms with E-state index in [0.717, 1.165) is 28.1 Å². The van der Waals surface area contributed by atoms with Crippen LogP contribution in [0.15, 0.2) is 22.7 Å². The third-order valence-corrected chi connectivity index (χ3v) is 3.91. The van der Waals surface area contributed by atoms with Crippen LogP contribution in [-0.2, 0) is 4.74 Å². The Hall–Kier alpha value is 0.240. The fraction of sp³-hybridized carbons (Fsp3) is 0.455. The van der Waals surface area contributed by atoms with Crippen molar-refractivity contribution >= 4 is 39.1 Å². The van der Waals surface area contributed by atoms with Crippen LogP contribution in [0, 0.1) is 5.92 Å². The van der Waals surface area contributed by atoms with Gasteiger partial charge in [-0.2, -0.15) is 0 Å². The van der Waals surface area contributed by atoms with Crippen molar-refractivity contribution in [2.24, 2.45) is 5.92 Å². The van der Waals surface area contributed by atoms with Crippen molar-refractivity contribution in [2.75, 3.05) is 12.5 Å². The molecule has 1 aliphatic rings. The van der Waals surface area contributed by atoms with E-state index < -0.39 is 0 Å². The summed E-state index contributed by atoms with van der Waals surface area (Å²) in [5.41, 5.74) is 1.04. The molecule has 1 saturated heterocycles. The molecule has 1 heterocycles. The molecule has 0 radical (unpaired) electrons. The minimum atomic E-state index is 0.0486. The van der Waals surface area contributed by atoms with Gasteiger partial charge in [-0.3, -0.25) is 0 Å². The van der Waals surface area contributed by atoms with Gasteiger partial charge in [0.25, 0.3) is 0 Å². The van der Waals surface area contributed by atoms with Crippen LogP contribution in [0.1, 0.15) is 18.1 Å². The molecule has 0 bridgehead atoms. The van der Waals surface area contributed by atoms with E-state index in [1.54, 1.807) is 0 Å². The van der Waals surface area contributed by atoms with Gasteiger partial charge in [0.1, 0.15) is 0 Å². The summed E-state index contributed by atoms with van der Waals surface area (Å²) in [5, 5.41) is 0.750. The molecular formula is C11H11BrCl2O. The monoisotopic (exact) mass is 308 g/mol. The van der Waals surface area contributed by atoms with Crippen molar-refractivity contribution in [3.63, 3.8) is 0 Å². The van der Waals surface area contributed by atoms with Crippen LogP contribution in [0.4, 0.5) is 0 Å². The fourth-order valence-corrected chi connectivity index (χ4v) is 2.79. The van der Waals surface area contributed by atoms with Crippen molar-refractivity contribution in [1.29, 1.82) is 0 Å². The quantitative estimate of drug-likeness (QED) is 0.735. The second kappa shape index (κ2) is 5.05. The van der Waals surface area contributed by atoms with Crippen molar-refractivity contribution in [3.05, 3.63) is 33.3 Å². The number of benzene rings is 1. The summed E-state index contributed by atoms with van der Waals surface area (Å²) in [7, 11) is 0. The lowest BCUT2D eigenvalue weighted by Crippen LogP contribution is -2.09. The van der Waals surface area contributed by atoms with Crippen molar-refractivity contribution in [1.82, 2.24) is 0 Å². The van der Waals surface area contributed by atoms with Gasteiger partial charge in [0.15, 0.2) is 0 Å². The Morgan fingerprint density at radius 3 is 3.00 bits per heavy atom. The minimum absolute atomic E-state index is 0.0486. The first-order valence-corrected chi connectivity index (χ1v) is 6.55. The van der Waals surface area contributed by atoms with E-state index in [9.17, 15) is 0 Å². The highest BCUT2D eigenvalue weighted by Crippen LogP contribution is 2.39. The minimum Gasteiger partial charge on any atom is -0.373 e. The highest BCUT2D eigenvalue weighted by atomic mass is 79.9. The van der Waals surface area contributed by atoms with E-state index >= 15 is 0 Å². The molecule has 0 N–H and O–H groups in total. The molecule has 2 rings (SSSR count). The standard InChI is InChI=1S/C11H11BrCl2O/c12-8-1-2-10(14)9(5-8)11-7(6-13)3-4-15-11/h1-2,5,7,11H,3-4,6H2. The van der Waals surface area contributed by atoms with Crippen LogP contribution in [0.5, 0.6) is 0 Å². The van der Waals surface area contributed by atoms with E-state index in [1.165, 1.54) is 0 Å². The van der Waals surface area contributed by atoms with E-state index in [2.05, 4.69) is 15.9 Å². The first-order chi connectivity index (χ1) is 7.22. The highest BCUT2D eigenvalue weighted by molar-refractivity contribution is 9.10. The lowest BCUT2D eigenvalue weighted by atomic mass is 9.97. The average Bonchev–Trinajstić information content (AvgIpc) is 2.69. The fourth-order valence-electron chi connectivity index (χ4n) is 1.87. The topological polar surface area (TPSA) is 9.23 Å². The van der Waals surface area contributed by atoms with Gasteiger partial charge >= 0.3 is 0 Å². The molecule has 1 nitrogen and oxygen atoms in total. The first kappa shape index (κ1) is 11.7. The number of rotatable bonds is 2. The van der Waals surface area contributed by atoms with Crippen molar-refractivity contribution in [2.45, 2.75) is 12.5 Å². The SMILES string of the molecule is ClCC1CCOC1c1cc(Br)ccc1Cl. The summed E-state index contributed by atoms with van der Waals surface area (Å²) >= 11 is 15.5. The molecule has 0 aliphatic carbocycles. The molecule has 0 aromatic heterocycles. The van der Waals surface area contributed by atoms with Crippen LogP contribution < -0.4 is 0 Å². The predicted octanol–water partition coefficient (Wildman–Crippen LogP) is 4.42. The van der Waals surface area contributed by atoms with Gasteiger partial charge in [-0.05, 0) is 24.6 Å². The number of hydrogen-bond donors (Lipinski definition) is 0. The van der Waals surface area contributed by atoms with Gasteiger partial charge in [0.05, 0.1) is 6.10 Å². The van der Waals surface area contributed by atoms with E-state index in [1.807, 2.05) is 18.2 Å². The van der Waals surface area contributed by atoms with Crippen LogP contribution in [0.3, 0.4) is 0 Å². The summed E-state index contributed by atoms with van der Waals surface area (Å²) in [6, 6.07) is 5.82. The van der Waals surface area contributed by atoms with Crippen LogP contribution >= 0.6 is 39.1 Å². The van der Waals surface area contributed by atoms with E-state index in [0.29, 0.717) is 11.8 Å². The molecule has 0 saturated carbocycles. The van der Waals surface area contributed by atoms with Crippen LogP contribution in [0.2, 0.25) is 5.02 Å². The Labute approximate surface area is 108 Å². The molecule has 1 aromatic rings. The number of halogens is 3. The summed E-state index contributed by atoms with van der Waals surface area (Å²) in [5.74, 6) is 0.992. The number of alkyl halides is 1. The zero-order valence-corrected chi connectivity index (χ0v) is 11.1. The van der Waals surface area contributed by atoms with E-state index in [4.69, 9.17) is 27.9 Å². The normalized spacial score (nSPS) is 25.8. The largest absolute Gasteiger partial charge is 0.373 e. The zero-order valence-electron chi connectivity index (χ0n) is 8.05. The maximum atomic E-state index is 6.15. The second-order valence-corrected chi connectivity index (χ2v) is 5.29. The molecule has 15 heavy (non-hydrogen) atoms. The van der Waals surface area contributed by atoms with Gasteiger partial charge in [0.2, 0.25) is 0 Å². The van der Waals surface area contributed by atoms with Gasteiger partial charge in [-0.15, -0.1) is 11.6 Å². The molecule has 0 spiro atoms. The molecular weight excluding hydrogens is 299 g/mol. The lowest BCUT2D eigenvalue weighted by Gasteiger charge is -2.18. The maximum absolute atomic E-state index is 6.15. The highest BCUT2D eigenvalue weighted by Gasteiger charge is 2.30. The Morgan fingerprint density at radius 1 is 1.47 bits per heavy atom. The molecule has 2 atom stereocenters. The van der Waals surface area contributed by atoms with Crippen LogP contribution in [-0.4, -0.2) is 12.5 Å². The summed E-state index contributed by atoms with van der Waals surface area (Å²) < 4.78 is 6.71. The second-order valence-electron chi connectivity index (χ2n) is 3.66. The van der Waals surface area contributed by atoms with E-state index in [-0.39, 0.29) is 6.10 Å². The number of hydrogen-bond acceptors (Lipinski definition) is 1. The van der Waals surface area contributed by atoms with Crippen LogP contribution in [0.25, 0.3) is 0 Å². The number of ether oxygens (including phenoxy) is 1. The van der Waals surface area contributed by atoms with Crippen molar-refractivity contribution < 1.29 is 4.74 Å². The Bertz CT molecular complexity index is 356. The maximum Gasteiger partial charge on any atom is 0.0880 e. The summed E-state index contributed by atoms with van der Waals surface area (Å²) in [6.07, 6.45) is 1.06. The molecule has 2 unspecified atom stereocenters.